The zero-order valence-electron chi connectivity index (χ0n) is 20.8. The third-order valence-electron chi connectivity index (χ3n) is 5.46. The van der Waals surface area contributed by atoms with E-state index in [1.54, 1.807) is 48.5 Å². The van der Waals surface area contributed by atoms with Crippen molar-refractivity contribution in [2.24, 2.45) is 0 Å². The highest BCUT2D eigenvalue weighted by Gasteiger charge is 2.49. The number of aromatic amines is 1. The number of phosphoric acid groups is 2. The standard InChI is InChI=1S/C23H24N2O14P2/c26-18-11-12-25(22(28)24-18)21-20(38-23(29)36-16-9-5-2-6-10-16)19(27)17(37-21)14-35-41(32,33)39-40(30,31)34-13-15-7-3-1-4-8-15/h1-12,17,19-21,27H,13-14H2,(H,30,31)(H,32,33)(H,24,26,28). The number of benzene rings is 2. The van der Waals surface area contributed by atoms with Gasteiger partial charge in [-0.05, 0) is 17.7 Å². The van der Waals surface area contributed by atoms with E-state index in [1.807, 2.05) is 4.98 Å². The average Bonchev–Trinajstić information content (AvgIpc) is 3.21. The molecule has 1 aliphatic rings. The number of ether oxygens (including phenoxy) is 3. The van der Waals surface area contributed by atoms with Crippen molar-refractivity contribution in [1.82, 2.24) is 9.55 Å². The lowest BCUT2D eigenvalue weighted by atomic mass is 10.1. The summed E-state index contributed by atoms with van der Waals surface area (Å²) < 4.78 is 54.8. The molecule has 0 bridgehead atoms. The minimum absolute atomic E-state index is 0.102. The highest BCUT2D eigenvalue weighted by Crippen LogP contribution is 2.60. The Morgan fingerprint density at radius 1 is 0.951 bits per heavy atom. The zero-order chi connectivity index (χ0) is 29.6. The molecular formula is C23H24N2O14P2. The Kier molecular flexibility index (Phi) is 9.71. The number of carbonyl (C=O) groups is 1. The summed E-state index contributed by atoms with van der Waals surface area (Å²) >= 11 is 0. The monoisotopic (exact) mass is 614 g/mol. The molecule has 2 heterocycles. The van der Waals surface area contributed by atoms with Crippen LogP contribution in [0.5, 0.6) is 5.75 Å². The summed E-state index contributed by atoms with van der Waals surface area (Å²) in [6, 6.07) is 16.8. The van der Waals surface area contributed by atoms with E-state index in [9.17, 15) is 38.4 Å². The van der Waals surface area contributed by atoms with E-state index in [0.717, 1.165) is 16.8 Å². The van der Waals surface area contributed by atoms with Crippen molar-refractivity contribution in [1.29, 1.82) is 0 Å². The van der Waals surface area contributed by atoms with Gasteiger partial charge < -0.3 is 29.1 Å². The molecule has 4 N–H and O–H groups in total. The van der Waals surface area contributed by atoms with Gasteiger partial charge in [0, 0.05) is 12.3 Å². The second-order valence-corrected chi connectivity index (χ2v) is 11.4. The van der Waals surface area contributed by atoms with Crippen LogP contribution in [0, 0.1) is 0 Å². The molecule has 1 aromatic heterocycles. The first-order valence-electron chi connectivity index (χ1n) is 11.7. The molecule has 1 saturated heterocycles. The van der Waals surface area contributed by atoms with E-state index in [0.29, 0.717) is 5.56 Å². The third-order valence-corrected chi connectivity index (χ3v) is 8.04. The molecule has 6 atom stereocenters. The lowest BCUT2D eigenvalue weighted by Gasteiger charge is -2.21. The third kappa shape index (κ3) is 8.53. The summed E-state index contributed by atoms with van der Waals surface area (Å²) in [6.07, 6.45) is -6.85. The highest BCUT2D eigenvalue weighted by molar-refractivity contribution is 7.61. The van der Waals surface area contributed by atoms with E-state index >= 15 is 0 Å². The fourth-order valence-electron chi connectivity index (χ4n) is 3.63. The first kappa shape index (κ1) is 30.5. The van der Waals surface area contributed by atoms with Gasteiger partial charge in [0.05, 0.1) is 13.2 Å². The number of aliphatic hydroxyl groups is 1. The van der Waals surface area contributed by atoms with Crippen LogP contribution in [0.15, 0.2) is 82.5 Å². The lowest BCUT2D eigenvalue weighted by molar-refractivity contribution is -0.0605. The fraction of sp³-hybridized carbons (Fsp3) is 0.261. The van der Waals surface area contributed by atoms with Crippen LogP contribution in [0.4, 0.5) is 4.79 Å². The second-order valence-electron chi connectivity index (χ2n) is 8.39. The Labute approximate surface area is 230 Å². The number of nitrogens with zero attached hydrogens (tertiary/aromatic N) is 1. The molecule has 6 unspecified atom stereocenters. The number of nitrogens with one attached hydrogen (secondary N) is 1. The van der Waals surface area contributed by atoms with Crippen LogP contribution in [0.1, 0.15) is 11.8 Å². The lowest BCUT2D eigenvalue weighted by Crippen LogP contribution is -2.41. The predicted molar refractivity (Wildman–Crippen MR) is 136 cm³/mol. The van der Waals surface area contributed by atoms with Crippen molar-refractivity contribution in [3.05, 3.63) is 99.3 Å². The van der Waals surface area contributed by atoms with Gasteiger partial charge >= 0.3 is 27.5 Å². The number of H-pyrrole nitrogens is 1. The van der Waals surface area contributed by atoms with Gasteiger partial charge in [0.1, 0.15) is 18.0 Å². The van der Waals surface area contributed by atoms with Gasteiger partial charge in [-0.2, -0.15) is 4.31 Å². The molecule has 2 aromatic carbocycles. The van der Waals surface area contributed by atoms with Crippen molar-refractivity contribution >= 4 is 21.8 Å². The second kappa shape index (κ2) is 13.0. The Bertz CT molecular complexity index is 1550. The molecule has 220 valence electrons. The van der Waals surface area contributed by atoms with Crippen molar-refractivity contribution in [2.45, 2.75) is 31.1 Å². The number of para-hydroxylation sites is 1. The van der Waals surface area contributed by atoms with Crippen molar-refractivity contribution < 1.29 is 56.4 Å². The maximum atomic E-state index is 12.4. The van der Waals surface area contributed by atoms with Gasteiger partial charge in [-0.3, -0.25) is 23.4 Å². The first-order valence-corrected chi connectivity index (χ1v) is 14.7. The number of carbonyl (C=O) groups excluding carboxylic acids is 1. The summed E-state index contributed by atoms with van der Waals surface area (Å²) in [6.45, 7) is -1.37. The summed E-state index contributed by atoms with van der Waals surface area (Å²) in [5.41, 5.74) is -1.26. The van der Waals surface area contributed by atoms with Crippen LogP contribution in [0.25, 0.3) is 0 Å². The summed E-state index contributed by atoms with van der Waals surface area (Å²) in [5.74, 6) is 0.102. The normalized spacial score (nSPS) is 23.3. The van der Waals surface area contributed by atoms with E-state index in [4.69, 9.17) is 23.3 Å². The topological polar surface area (TPSA) is 222 Å². The van der Waals surface area contributed by atoms with Crippen molar-refractivity contribution in [3.63, 3.8) is 0 Å². The van der Waals surface area contributed by atoms with Gasteiger partial charge in [0.15, 0.2) is 12.3 Å². The molecule has 0 saturated carbocycles. The molecule has 41 heavy (non-hydrogen) atoms. The summed E-state index contributed by atoms with van der Waals surface area (Å²) in [7, 11) is -10.4. The molecule has 0 amide bonds. The van der Waals surface area contributed by atoms with E-state index in [1.165, 1.54) is 12.1 Å². The summed E-state index contributed by atoms with van der Waals surface area (Å²) in [5, 5.41) is 10.8. The number of hydrogen-bond acceptors (Lipinski definition) is 12. The first-order chi connectivity index (χ1) is 19.4. The molecule has 1 fully saturated rings. The molecule has 0 aliphatic carbocycles. The Hall–Kier alpha value is -3.43. The fourth-order valence-corrected chi connectivity index (χ4v) is 5.70. The van der Waals surface area contributed by atoms with Crippen LogP contribution in [-0.2, 0) is 38.6 Å². The zero-order valence-corrected chi connectivity index (χ0v) is 22.6. The van der Waals surface area contributed by atoms with Gasteiger partial charge in [0.2, 0.25) is 0 Å². The average molecular weight is 614 g/mol. The Balaban J connectivity index is 1.44. The largest absolute Gasteiger partial charge is 0.514 e. The van der Waals surface area contributed by atoms with E-state index in [-0.39, 0.29) is 5.75 Å². The SMILES string of the molecule is O=C(Oc1ccccc1)OC1C(O)C(COP(=O)(O)OP(=O)(O)OCc2ccccc2)OC1n1ccc(=O)[nH]c1=O. The van der Waals surface area contributed by atoms with Crippen LogP contribution in [-0.4, -0.2) is 55.5 Å². The number of aromatic nitrogens is 2. The molecule has 3 aromatic rings. The van der Waals surface area contributed by atoms with Crippen LogP contribution in [0.2, 0.25) is 0 Å². The predicted octanol–water partition coefficient (Wildman–Crippen LogP) is 1.83. The van der Waals surface area contributed by atoms with Gasteiger partial charge in [-0.25, -0.2) is 18.7 Å². The minimum atomic E-state index is -5.29. The number of hydrogen-bond donors (Lipinski definition) is 4. The van der Waals surface area contributed by atoms with Crippen molar-refractivity contribution in [3.8, 4) is 5.75 Å². The maximum absolute atomic E-state index is 12.4. The van der Waals surface area contributed by atoms with Gasteiger partial charge in [-0.15, -0.1) is 0 Å². The van der Waals surface area contributed by atoms with Crippen molar-refractivity contribution in [2.75, 3.05) is 6.61 Å². The van der Waals surface area contributed by atoms with Gasteiger partial charge in [-0.1, -0.05) is 48.5 Å². The Morgan fingerprint density at radius 2 is 1.59 bits per heavy atom. The summed E-state index contributed by atoms with van der Waals surface area (Å²) in [4.78, 5) is 58.1. The molecular weight excluding hydrogens is 590 g/mol. The smallest absolute Gasteiger partial charge is 0.423 e. The van der Waals surface area contributed by atoms with Crippen LogP contribution < -0.4 is 16.0 Å². The quantitative estimate of drug-likeness (QED) is 0.137. The molecule has 0 radical (unpaired) electrons. The molecule has 4 rings (SSSR count). The van der Waals surface area contributed by atoms with E-state index in [2.05, 4.69) is 4.31 Å². The Morgan fingerprint density at radius 3 is 2.24 bits per heavy atom. The molecule has 18 heteroatoms. The number of rotatable bonds is 11. The highest BCUT2D eigenvalue weighted by atomic mass is 31.3. The number of aliphatic hydroxyl groups excluding tert-OH is 1. The minimum Gasteiger partial charge on any atom is -0.423 e. The molecule has 1 aliphatic heterocycles. The molecule has 16 nitrogen and oxygen atoms in total. The van der Waals surface area contributed by atoms with Crippen LogP contribution in [0.3, 0.4) is 0 Å². The molecule has 0 spiro atoms. The van der Waals surface area contributed by atoms with Gasteiger partial charge in [0.25, 0.3) is 5.56 Å². The van der Waals surface area contributed by atoms with E-state index < -0.39 is 70.8 Å². The van der Waals surface area contributed by atoms with Crippen LogP contribution >= 0.6 is 15.6 Å². The maximum Gasteiger partial charge on any atom is 0.514 e. The number of phosphoric ester groups is 2.